The van der Waals surface area contributed by atoms with Crippen LogP contribution in [0, 0.1) is 5.82 Å². The Bertz CT molecular complexity index is 851. The minimum atomic E-state index is -0.903. The van der Waals surface area contributed by atoms with Gasteiger partial charge in [0.05, 0.1) is 16.7 Å². The van der Waals surface area contributed by atoms with E-state index in [2.05, 4.69) is 21.8 Å². The van der Waals surface area contributed by atoms with Crippen LogP contribution in [0.5, 0.6) is 0 Å². The van der Waals surface area contributed by atoms with Gasteiger partial charge in [-0.3, -0.25) is 4.79 Å². The standard InChI is InChI=1S/C19H25FN4O2/c1-3-13-18(20)14(23-8-6-22(2)7-9-23)10-15-19(13)21-16(11-17(25)26)24(15)12-4-5-12/h10,12H,3-9,11H2,1-2H3,(H,25,26). The molecule has 7 heteroatoms. The molecule has 140 valence electrons. The Morgan fingerprint density at radius 3 is 2.58 bits per heavy atom. The van der Waals surface area contributed by atoms with Crippen molar-refractivity contribution in [1.82, 2.24) is 14.5 Å². The quantitative estimate of drug-likeness (QED) is 0.887. The van der Waals surface area contributed by atoms with Gasteiger partial charge in [-0.15, -0.1) is 0 Å². The number of anilines is 1. The monoisotopic (exact) mass is 360 g/mol. The van der Waals surface area contributed by atoms with Crippen molar-refractivity contribution in [3.05, 3.63) is 23.3 Å². The molecule has 0 atom stereocenters. The fraction of sp³-hybridized carbons (Fsp3) is 0.579. The highest BCUT2D eigenvalue weighted by Crippen LogP contribution is 2.41. The number of fused-ring (bicyclic) bond motifs is 1. The van der Waals surface area contributed by atoms with E-state index < -0.39 is 5.97 Å². The summed E-state index contributed by atoms with van der Waals surface area (Å²) >= 11 is 0. The maximum atomic E-state index is 15.3. The van der Waals surface area contributed by atoms with E-state index in [-0.39, 0.29) is 12.2 Å². The molecule has 4 rings (SSSR count). The molecule has 6 nitrogen and oxygen atoms in total. The van der Waals surface area contributed by atoms with Crippen LogP contribution in [0.25, 0.3) is 11.0 Å². The number of benzene rings is 1. The molecule has 0 radical (unpaired) electrons. The molecule has 1 aliphatic heterocycles. The van der Waals surface area contributed by atoms with Crippen molar-refractivity contribution >= 4 is 22.7 Å². The molecule has 1 aromatic heterocycles. The van der Waals surface area contributed by atoms with Crippen LogP contribution < -0.4 is 4.90 Å². The molecule has 0 unspecified atom stereocenters. The van der Waals surface area contributed by atoms with Gasteiger partial charge in [0.1, 0.15) is 12.2 Å². The third kappa shape index (κ3) is 2.94. The molecule has 0 amide bonds. The van der Waals surface area contributed by atoms with Crippen molar-refractivity contribution in [2.45, 2.75) is 38.6 Å². The van der Waals surface area contributed by atoms with Gasteiger partial charge in [-0.05, 0) is 32.4 Å². The minimum Gasteiger partial charge on any atom is -0.481 e. The number of aryl methyl sites for hydroxylation is 1. The van der Waals surface area contributed by atoms with Gasteiger partial charge in [0.25, 0.3) is 0 Å². The summed E-state index contributed by atoms with van der Waals surface area (Å²) < 4.78 is 17.3. The first-order chi connectivity index (χ1) is 12.5. The fourth-order valence-electron chi connectivity index (χ4n) is 3.90. The summed E-state index contributed by atoms with van der Waals surface area (Å²) in [4.78, 5) is 20.2. The van der Waals surface area contributed by atoms with E-state index in [0.717, 1.165) is 44.5 Å². The molecule has 1 saturated heterocycles. The normalized spacial score (nSPS) is 18.7. The molecule has 26 heavy (non-hydrogen) atoms. The van der Waals surface area contributed by atoms with Gasteiger partial charge in [0.15, 0.2) is 5.82 Å². The van der Waals surface area contributed by atoms with E-state index in [1.807, 2.05) is 17.6 Å². The van der Waals surface area contributed by atoms with Gasteiger partial charge < -0.3 is 19.5 Å². The average molecular weight is 360 g/mol. The van der Waals surface area contributed by atoms with Gasteiger partial charge in [-0.2, -0.15) is 0 Å². The number of nitrogens with zero attached hydrogens (tertiary/aromatic N) is 4. The molecule has 2 heterocycles. The number of piperazine rings is 1. The number of rotatable bonds is 5. The highest BCUT2D eigenvalue weighted by Gasteiger charge is 2.31. The molecule has 2 aliphatic rings. The number of likely N-dealkylation sites (N-methyl/N-ethyl adjacent to an activating group) is 1. The lowest BCUT2D eigenvalue weighted by molar-refractivity contribution is -0.136. The summed E-state index contributed by atoms with van der Waals surface area (Å²) in [5, 5.41) is 9.24. The predicted molar refractivity (Wildman–Crippen MR) is 98.4 cm³/mol. The second-order valence-corrected chi connectivity index (χ2v) is 7.40. The van der Waals surface area contributed by atoms with E-state index >= 15 is 4.39 Å². The van der Waals surface area contributed by atoms with E-state index in [4.69, 9.17) is 0 Å². The van der Waals surface area contributed by atoms with Crippen molar-refractivity contribution in [2.24, 2.45) is 0 Å². The third-order valence-electron chi connectivity index (χ3n) is 5.49. The van der Waals surface area contributed by atoms with Crippen LogP contribution in [0.1, 0.15) is 37.2 Å². The SMILES string of the molecule is CCc1c(F)c(N2CCN(C)CC2)cc2c1nc(CC(=O)O)n2C1CC1. The van der Waals surface area contributed by atoms with Crippen LogP contribution in [0.15, 0.2) is 6.07 Å². The van der Waals surface area contributed by atoms with Gasteiger partial charge in [0.2, 0.25) is 0 Å². The number of carboxylic acid groups (broad SMARTS) is 1. The van der Waals surface area contributed by atoms with Crippen molar-refractivity contribution < 1.29 is 14.3 Å². The Balaban J connectivity index is 1.87. The molecular weight excluding hydrogens is 335 g/mol. The minimum absolute atomic E-state index is 0.125. The number of carbonyl (C=O) groups is 1. The molecule has 0 bridgehead atoms. The van der Waals surface area contributed by atoms with Gasteiger partial charge in [-0.25, -0.2) is 9.37 Å². The van der Waals surface area contributed by atoms with E-state index in [0.29, 0.717) is 35.1 Å². The second-order valence-electron chi connectivity index (χ2n) is 7.40. The van der Waals surface area contributed by atoms with Crippen LogP contribution in [0.3, 0.4) is 0 Å². The number of hydrogen-bond acceptors (Lipinski definition) is 4. The molecule has 1 N–H and O–H groups in total. The Morgan fingerprint density at radius 1 is 1.31 bits per heavy atom. The average Bonchev–Trinajstić information content (AvgIpc) is 3.37. The summed E-state index contributed by atoms with van der Waals surface area (Å²) in [6.07, 6.45) is 2.47. The Hall–Kier alpha value is -2.15. The predicted octanol–water partition coefficient (Wildman–Crippen LogP) is 2.45. The maximum Gasteiger partial charge on any atom is 0.311 e. The van der Waals surface area contributed by atoms with Gasteiger partial charge in [0, 0.05) is 37.8 Å². The lowest BCUT2D eigenvalue weighted by Crippen LogP contribution is -2.44. The number of carboxylic acids is 1. The van der Waals surface area contributed by atoms with Crippen molar-refractivity contribution in [2.75, 3.05) is 38.1 Å². The first-order valence-electron chi connectivity index (χ1n) is 9.37. The molecule has 2 aromatic rings. The van der Waals surface area contributed by atoms with E-state index in [1.54, 1.807) is 0 Å². The second kappa shape index (κ2) is 6.54. The summed E-state index contributed by atoms with van der Waals surface area (Å²) in [6.45, 7) is 5.33. The van der Waals surface area contributed by atoms with Gasteiger partial charge >= 0.3 is 5.97 Å². The van der Waals surface area contributed by atoms with Crippen LogP contribution in [0.2, 0.25) is 0 Å². The fourth-order valence-corrected chi connectivity index (χ4v) is 3.90. The highest BCUT2D eigenvalue weighted by molar-refractivity contribution is 5.86. The van der Waals surface area contributed by atoms with Crippen LogP contribution in [0.4, 0.5) is 10.1 Å². The largest absolute Gasteiger partial charge is 0.481 e. The summed E-state index contributed by atoms with van der Waals surface area (Å²) in [6, 6.07) is 2.19. The molecule has 1 saturated carbocycles. The third-order valence-corrected chi connectivity index (χ3v) is 5.49. The zero-order valence-electron chi connectivity index (χ0n) is 15.3. The van der Waals surface area contributed by atoms with Crippen molar-refractivity contribution in [3.63, 3.8) is 0 Å². The maximum absolute atomic E-state index is 15.3. The smallest absolute Gasteiger partial charge is 0.311 e. The molecular formula is C19H25FN4O2. The van der Waals surface area contributed by atoms with Crippen LogP contribution in [-0.2, 0) is 17.6 Å². The summed E-state index contributed by atoms with van der Waals surface area (Å²) in [7, 11) is 2.08. The van der Waals surface area contributed by atoms with Gasteiger partial charge in [-0.1, -0.05) is 6.92 Å². The molecule has 1 aliphatic carbocycles. The number of imidazole rings is 1. The Labute approximate surface area is 152 Å². The lowest BCUT2D eigenvalue weighted by Gasteiger charge is -2.34. The van der Waals surface area contributed by atoms with Crippen molar-refractivity contribution in [1.29, 1.82) is 0 Å². The topological polar surface area (TPSA) is 61.6 Å². The lowest BCUT2D eigenvalue weighted by atomic mass is 10.1. The first-order valence-corrected chi connectivity index (χ1v) is 9.37. The van der Waals surface area contributed by atoms with Crippen molar-refractivity contribution in [3.8, 4) is 0 Å². The molecule has 0 spiro atoms. The first kappa shape index (κ1) is 17.3. The summed E-state index contributed by atoms with van der Waals surface area (Å²) in [5.41, 5.74) is 2.75. The number of halogens is 1. The highest BCUT2D eigenvalue weighted by atomic mass is 19.1. The zero-order chi connectivity index (χ0) is 18.4. The number of aliphatic carboxylic acids is 1. The Morgan fingerprint density at radius 2 is 2.00 bits per heavy atom. The Kier molecular flexibility index (Phi) is 4.34. The van der Waals surface area contributed by atoms with Crippen LogP contribution >= 0.6 is 0 Å². The molecule has 1 aromatic carbocycles. The number of aromatic nitrogens is 2. The van der Waals surface area contributed by atoms with E-state index in [1.165, 1.54) is 0 Å². The number of hydrogen-bond donors (Lipinski definition) is 1. The van der Waals surface area contributed by atoms with E-state index in [9.17, 15) is 9.90 Å². The zero-order valence-corrected chi connectivity index (χ0v) is 15.3. The summed E-state index contributed by atoms with van der Waals surface area (Å²) in [5.74, 6) is -0.563. The molecule has 2 fully saturated rings. The van der Waals surface area contributed by atoms with Crippen LogP contribution in [-0.4, -0.2) is 58.8 Å².